The number of thiocarbonyl (C=S) groups is 1. The van der Waals surface area contributed by atoms with Crippen LogP contribution < -0.4 is 5.73 Å². The number of pyridine rings is 1. The second kappa shape index (κ2) is 4.41. The van der Waals surface area contributed by atoms with Crippen LogP contribution in [0.1, 0.15) is 11.4 Å². The van der Waals surface area contributed by atoms with E-state index in [4.69, 9.17) is 18.0 Å². The lowest BCUT2D eigenvalue weighted by molar-refractivity contribution is -0.141. The minimum Gasteiger partial charge on any atom is -0.388 e. The van der Waals surface area contributed by atoms with Gasteiger partial charge in [-0.3, -0.25) is 4.98 Å². The van der Waals surface area contributed by atoms with Gasteiger partial charge in [0.2, 0.25) is 0 Å². The fourth-order valence-electron chi connectivity index (χ4n) is 1.53. The van der Waals surface area contributed by atoms with Crippen molar-refractivity contribution in [3.63, 3.8) is 0 Å². The van der Waals surface area contributed by atoms with E-state index in [-0.39, 0.29) is 4.99 Å². The summed E-state index contributed by atoms with van der Waals surface area (Å²) in [6.45, 7) is 0. The van der Waals surface area contributed by atoms with E-state index in [0.717, 1.165) is 12.3 Å². The van der Waals surface area contributed by atoms with Gasteiger partial charge in [0, 0.05) is 18.1 Å². The van der Waals surface area contributed by atoms with Crippen molar-refractivity contribution in [2.75, 3.05) is 0 Å². The van der Waals surface area contributed by atoms with E-state index in [1.807, 2.05) is 0 Å². The molecule has 0 spiro atoms. The Balaban J connectivity index is 2.52. The van der Waals surface area contributed by atoms with E-state index in [1.165, 1.54) is 10.6 Å². The van der Waals surface area contributed by atoms with Crippen molar-refractivity contribution >= 4 is 17.2 Å². The van der Waals surface area contributed by atoms with Crippen LogP contribution in [0.4, 0.5) is 13.2 Å². The van der Waals surface area contributed by atoms with Crippen molar-refractivity contribution in [1.82, 2.24) is 9.55 Å². The van der Waals surface area contributed by atoms with E-state index in [1.54, 1.807) is 18.3 Å². The summed E-state index contributed by atoms with van der Waals surface area (Å²) in [7, 11) is 0. The van der Waals surface area contributed by atoms with Gasteiger partial charge in [-0.15, -0.1) is 0 Å². The summed E-state index contributed by atoms with van der Waals surface area (Å²) in [5.41, 5.74) is 5.32. The molecule has 2 aromatic rings. The second-order valence-corrected chi connectivity index (χ2v) is 3.96. The monoisotopic (exact) mass is 271 g/mol. The molecule has 18 heavy (non-hydrogen) atoms. The Morgan fingerprint density at radius 2 is 2.06 bits per heavy atom. The first-order chi connectivity index (χ1) is 8.39. The SMILES string of the molecule is NC(=S)c1cccn1-c1ccnc(C(F)(F)F)c1. The molecule has 0 radical (unpaired) electrons. The van der Waals surface area contributed by atoms with E-state index in [2.05, 4.69) is 4.98 Å². The van der Waals surface area contributed by atoms with Gasteiger partial charge in [-0.05, 0) is 24.3 Å². The van der Waals surface area contributed by atoms with E-state index in [9.17, 15) is 13.2 Å². The Kier molecular flexibility index (Phi) is 3.08. The van der Waals surface area contributed by atoms with Gasteiger partial charge in [-0.25, -0.2) is 0 Å². The van der Waals surface area contributed by atoms with Crippen molar-refractivity contribution in [3.05, 3.63) is 48.0 Å². The topological polar surface area (TPSA) is 43.8 Å². The molecule has 0 saturated heterocycles. The molecule has 2 rings (SSSR count). The fraction of sp³-hybridized carbons (Fsp3) is 0.0909. The Morgan fingerprint density at radius 3 is 2.67 bits per heavy atom. The molecule has 2 heterocycles. The molecular weight excluding hydrogens is 263 g/mol. The molecule has 2 aromatic heterocycles. The number of nitrogens with two attached hydrogens (primary N) is 1. The normalized spacial score (nSPS) is 11.5. The van der Waals surface area contributed by atoms with Gasteiger partial charge in [0.1, 0.15) is 10.7 Å². The average molecular weight is 271 g/mol. The molecule has 0 atom stereocenters. The molecule has 0 bridgehead atoms. The molecule has 0 saturated carbocycles. The highest BCUT2D eigenvalue weighted by atomic mass is 32.1. The van der Waals surface area contributed by atoms with Gasteiger partial charge in [-0.1, -0.05) is 12.2 Å². The molecule has 0 unspecified atom stereocenters. The average Bonchev–Trinajstić information content (AvgIpc) is 2.77. The van der Waals surface area contributed by atoms with Gasteiger partial charge in [0.15, 0.2) is 0 Å². The molecule has 0 aromatic carbocycles. The zero-order valence-electron chi connectivity index (χ0n) is 8.98. The van der Waals surface area contributed by atoms with Gasteiger partial charge in [-0.2, -0.15) is 13.2 Å². The summed E-state index contributed by atoms with van der Waals surface area (Å²) in [4.78, 5) is 3.41. The van der Waals surface area contributed by atoms with Crippen molar-refractivity contribution in [2.45, 2.75) is 6.18 Å². The van der Waals surface area contributed by atoms with Crippen LogP contribution in [0, 0.1) is 0 Å². The molecule has 0 aliphatic rings. The maximum absolute atomic E-state index is 12.5. The Labute approximate surface area is 106 Å². The Morgan fingerprint density at radius 1 is 1.33 bits per heavy atom. The van der Waals surface area contributed by atoms with Crippen molar-refractivity contribution < 1.29 is 13.2 Å². The number of rotatable bonds is 2. The third-order valence-electron chi connectivity index (χ3n) is 2.31. The molecule has 0 fully saturated rings. The third-order valence-corrected chi connectivity index (χ3v) is 2.52. The third kappa shape index (κ3) is 2.35. The molecule has 0 aliphatic carbocycles. The first-order valence-corrected chi connectivity index (χ1v) is 5.31. The number of halogens is 3. The van der Waals surface area contributed by atoms with E-state index in [0.29, 0.717) is 11.4 Å². The molecule has 7 heteroatoms. The van der Waals surface area contributed by atoms with Crippen LogP contribution in [-0.4, -0.2) is 14.5 Å². The Bertz CT molecular complexity index is 589. The van der Waals surface area contributed by atoms with E-state index < -0.39 is 11.9 Å². The number of aromatic nitrogens is 2. The molecule has 0 amide bonds. The minimum absolute atomic E-state index is 0.116. The highest BCUT2D eigenvalue weighted by Gasteiger charge is 2.32. The lowest BCUT2D eigenvalue weighted by Gasteiger charge is -2.10. The van der Waals surface area contributed by atoms with Crippen LogP contribution in [-0.2, 0) is 6.18 Å². The summed E-state index contributed by atoms with van der Waals surface area (Å²) >= 11 is 4.83. The number of alkyl halides is 3. The standard InChI is InChI=1S/C11H8F3N3S/c12-11(13,14)9-6-7(3-4-16-9)17-5-1-2-8(17)10(15)18/h1-6H,(H2,15,18). The van der Waals surface area contributed by atoms with Crippen molar-refractivity contribution in [1.29, 1.82) is 0 Å². The molecular formula is C11H8F3N3S. The van der Waals surface area contributed by atoms with Gasteiger partial charge in [0.25, 0.3) is 0 Å². The largest absolute Gasteiger partial charge is 0.433 e. The molecule has 0 aliphatic heterocycles. The highest BCUT2D eigenvalue weighted by molar-refractivity contribution is 7.80. The van der Waals surface area contributed by atoms with Crippen LogP contribution >= 0.6 is 12.2 Å². The number of hydrogen-bond acceptors (Lipinski definition) is 2. The lowest BCUT2D eigenvalue weighted by Crippen LogP contribution is -2.15. The van der Waals surface area contributed by atoms with Gasteiger partial charge in [0.05, 0.1) is 5.69 Å². The first kappa shape index (κ1) is 12.6. The smallest absolute Gasteiger partial charge is 0.388 e. The summed E-state index contributed by atoms with van der Waals surface area (Å²) in [5.74, 6) is 0. The lowest BCUT2D eigenvalue weighted by atomic mass is 10.3. The van der Waals surface area contributed by atoms with Crippen molar-refractivity contribution in [3.8, 4) is 5.69 Å². The summed E-state index contributed by atoms with van der Waals surface area (Å²) in [6.07, 6.45) is -1.79. The first-order valence-electron chi connectivity index (χ1n) is 4.90. The maximum Gasteiger partial charge on any atom is 0.433 e. The Hall–Kier alpha value is -1.89. The van der Waals surface area contributed by atoms with Crippen LogP contribution in [0.5, 0.6) is 0 Å². The summed E-state index contributed by atoms with van der Waals surface area (Å²) in [6, 6.07) is 5.69. The van der Waals surface area contributed by atoms with Crippen LogP contribution in [0.2, 0.25) is 0 Å². The summed E-state index contributed by atoms with van der Waals surface area (Å²) < 4.78 is 39.1. The molecule has 94 valence electrons. The minimum atomic E-state index is -4.48. The fourth-order valence-corrected chi connectivity index (χ4v) is 1.70. The van der Waals surface area contributed by atoms with E-state index >= 15 is 0 Å². The highest BCUT2D eigenvalue weighted by Crippen LogP contribution is 2.28. The van der Waals surface area contributed by atoms with Crippen molar-refractivity contribution in [2.24, 2.45) is 5.73 Å². The second-order valence-electron chi connectivity index (χ2n) is 3.52. The zero-order chi connectivity index (χ0) is 13.3. The quantitative estimate of drug-likeness (QED) is 0.854. The number of nitrogens with zero attached hydrogens (tertiary/aromatic N) is 2. The van der Waals surface area contributed by atoms with Gasteiger partial charge < -0.3 is 10.3 Å². The zero-order valence-corrected chi connectivity index (χ0v) is 9.79. The summed E-state index contributed by atoms with van der Waals surface area (Å²) in [5, 5.41) is 0. The van der Waals surface area contributed by atoms with Crippen LogP contribution in [0.3, 0.4) is 0 Å². The maximum atomic E-state index is 12.5. The molecule has 2 N–H and O–H groups in total. The predicted octanol–water partition coefficient (Wildman–Crippen LogP) is 2.53. The van der Waals surface area contributed by atoms with Crippen LogP contribution in [0.25, 0.3) is 5.69 Å². The molecule has 3 nitrogen and oxygen atoms in total. The number of hydrogen-bond donors (Lipinski definition) is 1. The predicted molar refractivity (Wildman–Crippen MR) is 64.5 cm³/mol. The van der Waals surface area contributed by atoms with Gasteiger partial charge >= 0.3 is 6.18 Å². The van der Waals surface area contributed by atoms with Crippen LogP contribution in [0.15, 0.2) is 36.7 Å².